The fourth-order valence-corrected chi connectivity index (χ4v) is 2.92. The Morgan fingerprint density at radius 2 is 2.08 bits per heavy atom. The van der Waals surface area contributed by atoms with E-state index in [9.17, 15) is 9.65 Å². The Hall–Kier alpha value is -2.43. The number of nitrogen functional groups attached to an aromatic ring is 1. The minimum atomic E-state index is -0.510. The van der Waals surface area contributed by atoms with Crippen molar-refractivity contribution >= 4 is 23.1 Å². The van der Waals surface area contributed by atoms with Crippen molar-refractivity contribution in [2.75, 3.05) is 30.8 Å². The van der Waals surface area contributed by atoms with Crippen LogP contribution < -0.4 is 11.1 Å². The predicted octanol–water partition coefficient (Wildman–Crippen LogP) is 3.25. The smallest absolute Gasteiger partial charge is 0.152 e. The number of rotatable bonds is 4. The van der Waals surface area contributed by atoms with E-state index in [4.69, 9.17) is 22.1 Å². The van der Waals surface area contributed by atoms with Gasteiger partial charge in [0.1, 0.15) is 11.6 Å². The Labute approximate surface area is 149 Å². The largest absolute Gasteiger partial charge is 0.384 e. The van der Waals surface area contributed by atoms with Crippen molar-refractivity contribution in [3.05, 3.63) is 35.5 Å². The summed E-state index contributed by atoms with van der Waals surface area (Å²) in [6, 6.07) is 5.52. The molecule has 130 valence electrons. The second kappa shape index (κ2) is 7.21. The van der Waals surface area contributed by atoms with E-state index >= 15 is 0 Å². The van der Waals surface area contributed by atoms with Crippen molar-refractivity contribution in [1.29, 1.82) is 5.26 Å². The maximum absolute atomic E-state index is 14.0. The zero-order chi connectivity index (χ0) is 17.9. The number of nitrogens with zero attached hydrogens (tertiary/aromatic N) is 3. The number of hydrogen-bond donors (Lipinski definition) is 2. The maximum atomic E-state index is 14.0. The van der Waals surface area contributed by atoms with Crippen LogP contribution in [0.4, 0.5) is 15.9 Å². The lowest BCUT2D eigenvalue weighted by Gasteiger charge is -2.31. The first-order chi connectivity index (χ1) is 12.0. The number of pyridine rings is 2. The lowest BCUT2D eigenvalue weighted by molar-refractivity contribution is 0.0456. The molecule has 0 amide bonds. The minimum Gasteiger partial charge on any atom is -0.384 e. The second-order valence-corrected chi connectivity index (χ2v) is 6.37. The summed E-state index contributed by atoms with van der Waals surface area (Å²) in [4.78, 5) is 7.82. The van der Waals surface area contributed by atoms with Gasteiger partial charge in [-0.1, -0.05) is 11.6 Å². The molecule has 6 nitrogen and oxygen atoms in total. The molecule has 0 spiro atoms. The molecule has 0 saturated carbocycles. The van der Waals surface area contributed by atoms with Gasteiger partial charge in [0.25, 0.3) is 0 Å². The van der Waals surface area contributed by atoms with Crippen LogP contribution in [-0.2, 0) is 4.74 Å². The Kier molecular flexibility index (Phi) is 5.02. The molecule has 3 rings (SSSR count). The summed E-state index contributed by atoms with van der Waals surface area (Å²) >= 11 is 6.15. The standard InChI is InChI=1S/C17H17ClFN5O/c18-16-14(24-10-17(9-20)1-3-25-4-2-17)5-11(7-23-16)12-6-15(21)22-8-13(12)19/h5-8,24H,1-4,10H2,(H2,21,22). The zero-order valence-corrected chi connectivity index (χ0v) is 14.2. The monoisotopic (exact) mass is 361 g/mol. The van der Waals surface area contributed by atoms with Gasteiger partial charge in [-0.2, -0.15) is 5.26 Å². The minimum absolute atomic E-state index is 0.214. The number of anilines is 2. The molecule has 0 aliphatic carbocycles. The highest BCUT2D eigenvalue weighted by atomic mass is 35.5. The highest BCUT2D eigenvalue weighted by molar-refractivity contribution is 6.32. The fraction of sp³-hybridized carbons (Fsp3) is 0.353. The number of ether oxygens (including phenoxy) is 1. The maximum Gasteiger partial charge on any atom is 0.152 e. The molecular weight excluding hydrogens is 345 g/mol. The van der Waals surface area contributed by atoms with Gasteiger partial charge in [-0.15, -0.1) is 0 Å². The van der Waals surface area contributed by atoms with Crippen LogP contribution >= 0.6 is 11.6 Å². The Morgan fingerprint density at radius 3 is 2.80 bits per heavy atom. The first-order valence-corrected chi connectivity index (χ1v) is 8.21. The Balaban J connectivity index is 1.85. The average molecular weight is 362 g/mol. The highest BCUT2D eigenvalue weighted by Crippen LogP contribution is 2.33. The van der Waals surface area contributed by atoms with Gasteiger partial charge in [0.05, 0.1) is 23.4 Å². The van der Waals surface area contributed by atoms with Crippen LogP contribution in [0.1, 0.15) is 12.8 Å². The summed E-state index contributed by atoms with van der Waals surface area (Å²) in [6.45, 7) is 1.53. The van der Waals surface area contributed by atoms with Gasteiger partial charge < -0.3 is 15.8 Å². The lowest BCUT2D eigenvalue weighted by Crippen LogP contribution is -2.34. The van der Waals surface area contributed by atoms with Gasteiger partial charge in [-0.05, 0) is 25.0 Å². The van der Waals surface area contributed by atoms with E-state index in [1.165, 1.54) is 12.3 Å². The van der Waals surface area contributed by atoms with Gasteiger partial charge in [0, 0.05) is 37.1 Å². The predicted molar refractivity (Wildman–Crippen MR) is 93.4 cm³/mol. The first kappa shape index (κ1) is 17.4. The molecular formula is C17H17ClFN5O. The summed E-state index contributed by atoms with van der Waals surface area (Å²) in [5.41, 5.74) is 6.48. The molecule has 2 aromatic rings. The van der Waals surface area contributed by atoms with E-state index in [0.29, 0.717) is 49.4 Å². The number of nitrogens with two attached hydrogens (primary N) is 1. The normalized spacial score (nSPS) is 16.2. The second-order valence-electron chi connectivity index (χ2n) is 6.01. The quantitative estimate of drug-likeness (QED) is 0.811. The summed E-state index contributed by atoms with van der Waals surface area (Å²) < 4.78 is 19.4. The molecule has 0 atom stereocenters. The average Bonchev–Trinajstić information content (AvgIpc) is 2.64. The van der Waals surface area contributed by atoms with Crippen LogP contribution in [0.2, 0.25) is 5.15 Å². The fourth-order valence-electron chi connectivity index (χ4n) is 2.75. The summed E-state index contributed by atoms with van der Waals surface area (Å²) in [6.07, 6.45) is 3.84. The molecule has 2 aromatic heterocycles. The van der Waals surface area contributed by atoms with Crippen molar-refractivity contribution < 1.29 is 9.13 Å². The summed E-state index contributed by atoms with van der Waals surface area (Å²) in [5.74, 6) is -0.284. The lowest BCUT2D eigenvalue weighted by atomic mass is 9.81. The summed E-state index contributed by atoms with van der Waals surface area (Å²) in [5, 5.41) is 13.0. The van der Waals surface area contributed by atoms with Crippen molar-refractivity contribution in [1.82, 2.24) is 9.97 Å². The van der Waals surface area contributed by atoms with Crippen LogP contribution in [0, 0.1) is 22.6 Å². The topological polar surface area (TPSA) is 96.9 Å². The van der Waals surface area contributed by atoms with Gasteiger partial charge >= 0.3 is 0 Å². The molecule has 0 unspecified atom stereocenters. The molecule has 3 N–H and O–H groups in total. The molecule has 1 fully saturated rings. The SMILES string of the molecule is N#CC1(CNc2cc(-c3cc(N)ncc3F)cnc2Cl)CCOCC1. The number of nitriles is 1. The Morgan fingerprint density at radius 1 is 1.32 bits per heavy atom. The third kappa shape index (κ3) is 3.81. The molecule has 1 aliphatic rings. The molecule has 0 bridgehead atoms. The van der Waals surface area contributed by atoms with E-state index in [0.717, 1.165) is 6.20 Å². The van der Waals surface area contributed by atoms with Gasteiger partial charge in [-0.25, -0.2) is 14.4 Å². The highest BCUT2D eigenvalue weighted by Gasteiger charge is 2.32. The number of hydrogen-bond acceptors (Lipinski definition) is 6. The molecule has 0 radical (unpaired) electrons. The molecule has 1 aliphatic heterocycles. The van der Waals surface area contributed by atoms with Gasteiger partial charge in [0.15, 0.2) is 5.15 Å². The first-order valence-electron chi connectivity index (χ1n) is 7.83. The Bertz CT molecular complexity index is 817. The van der Waals surface area contributed by atoms with E-state index < -0.39 is 11.2 Å². The zero-order valence-electron chi connectivity index (χ0n) is 13.4. The number of nitrogens with one attached hydrogen (secondary N) is 1. The van der Waals surface area contributed by atoms with Crippen molar-refractivity contribution in [2.24, 2.45) is 5.41 Å². The van der Waals surface area contributed by atoms with Crippen LogP contribution in [0.25, 0.3) is 11.1 Å². The third-order valence-electron chi connectivity index (χ3n) is 4.33. The van der Waals surface area contributed by atoms with E-state index in [1.807, 2.05) is 0 Å². The summed E-state index contributed by atoms with van der Waals surface area (Å²) in [7, 11) is 0. The van der Waals surface area contributed by atoms with Crippen LogP contribution in [0.3, 0.4) is 0 Å². The number of aromatic nitrogens is 2. The van der Waals surface area contributed by atoms with E-state index in [-0.39, 0.29) is 11.0 Å². The van der Waals surface area contributed by atoms with Crippen molar-refractivity contribution in [2.45, 2.75) is 12.8 Å². The molecule has 3 heterocycles. The molecule has 1 saturated heterocycles. The van der Waals surface area contributed by atoms with Gasteiger partial charge in [-0.3, -0.25) is 0 Å². The third-order valence-corrected chi connectivity index (χ3v) is 4.63. The van der Waals surface area contributed by atoms with Crippen molar-refractivity contribution in [3.63, 3.8) is 0 Å². The van der Waals surface area contributed by atoms with Crippen LogP contribution in [-0.4, -0.2) is 29.7 Å². The molecule has 8 heteroatoms. The molecule has 25 heavy (non-hydrogen) atoms. The van der Waals surface area contributed by atoms with E-state index in [2.05, 4.69) is 21.4 Å². The van der Waals surface area contributed by atoms with Crippen molar-refractivity contribution in [3.8, 4) is 17.2 Å². The van der Waals surface area contributed by atoms with Crippen LogP contribution in [0.15, 0.2) is 24.5 Å². The molecule has 0 aromatic carbocycles. The van der Waals surface area contributed by atoms with Crippen LogP contribution in [0.5, 0.6) is 0 Å². The number of halogens is 2. The van der Waals surface area contributed by atoms with Gasteiger partial charge in [0.2, 0.25) is 0 Å². The van der Waals surface area contributed by atoms with E-state index in [1.54, 1.807) is 6.07 Å².